The first-order chi connectivity index (χ1) is 7.84. The van der Waals surface area contributed by atoms with Gasteiger partial charge >= 0.3 is 0 Å². The van der Waals surface area contributed by atoms with Crippen LogP contribution in [0.1, 0.15) is 24.1 Å². The maximum Gasteiger partial charge on any atom is 0.254 e. The number of hydrogen-bond donors (Lipinski definition) is 1. The number of aromatic amines is 1. The van der Waals surface area contributed by atoms with Crippen molar-refractivity contribution in [1.82, 2.24) is 9.97 Å². The quantitative estimate of drug-likeness (QED) is 0.820. The fourth-order valence-electron chi connectivity index (χ4n) is 2.13. The van der Waals surface area contributed by atoms with Gasteiger partial charge < -0.3 is 4.98 Å². The SMILES string of the molecule is O=c1[nH]c(-c2cccs2)nc2c1CCCC2. The Morgan fingerprint density at radius 2 is 2.19 bits per heavy atom. The molecule has 2 aromatic rings. The molecule has 0 aliphatic heterocycles. The molecule has 0 atom stereocenters. The number of H-pyrrole nitrogens is 1. The predicted molar refractivity (Wildman–Crippen MR) is 64.8 cm³/mol. The molecule has 3 rings (SSSR count). The first-order valence-electron chi connectivity index (χ1n) is 5.50. The van der Waals surface area contributed by atoms with E-state index in [4.69, 9.17) is 0 Å². The second-order valence-electron chi connectivity index (χ2n) is 4.02. The molecule has 3 nitrogen and oxygen atoms in total. The van der Waals surface area contributed by atoms with Crippen molar-refractivity contribution >= 4 is 11.3 Å². The molecule has 16 heavy (non-hydrogen) atoms. The topological polar surface area (TPSA) is 45.8 Å². The van der Waals surface area contributed by atoms with Crippen LogP contribution in [0.4, 0.5) is 0 Å². The summed E-state index contributed by atoms with van der Waals surface area (Å²) in [4.78, 5) is 20.4. The van der Waals surface area contributed by atoms with E-state index in [1.165, 1.54) is 0 Å². The molecule has 0 unspecified atom stereocenters. The summed E-state index contributed by atoms with van der Waals surface area (Å²) in [5, 5.41) is 1.99. The van der Waals surface area contributed by atoms with Gasteiger partial charge in [-0.05, 0) is 37.1 Å². The number of aryl methyl sites for hydroxylation is 1. The summed E-state index contributed by atoms with van der Waals surface area (Å²) in [6.07, 6.45) is 4.07. The van der Waals surface area contributed by atoms with Crippen LogP contribution in [0.2, 0.25) is 0 Å². The molecular weight excluding hydrogens is 220 g/mol. The van der Waals surface area contributed by atoms with Gasteiger partial charge in [0.05, 0.1) is 10.6 Å². The Bertz CT molecular complexity index is 557. The van der Waals surface area contributed by atoms with Gasteiger partial charge in [-0.2, -0.15) is 0 Å². The van der Waals surface area contributed by atoms with Gasteiger partial charge in [-0.1, -0.05) is 6.07 Å². The lowest BCUT2D eigenvalue weighted by molar-refractivity contribution is 0.658. The zero-order chi connectivity index (χ0) is 11.0. The summed E-state index contributed by atoms with van der Waals surface area (Å²) in [7, 11) is 0. The van der Waals surface area contributed by atoms with Gasteiger partial charge in [0.2, 0.25) is 0 Å². The van der Waals surface area contributed by atoms with E-state index in [-0.39, 0.29) is 5.56 Å². The molecule has 2 heterocycles. The normalized spacial score (nSPS) is 14.8. The van der Waals surface area contributed by atoms with Gasteiger partial charge in [0.15, 0.2) is 5.82 Å². The minimum atomic E-state index is 0.0492. The Morgan fingerprint density at radius 3 is 3.00 bits per heavy atom. The van der Waals surface area contributed by atoms with Crippen molar-refractivity contribution in [3.05, 3.63) is 39.1 Å². The van der Waals surface area contributed by atoms with Crippen molar-refractivity contribution in [3.63, 3.8) is 0 Å². The number of aromatic nitrogens is 2. The monoisotopic (exact) mass is 232 g/mol. The van der Waals surface area contributed by atoms with Crippen molar-refractivity contribution in [1.29, 1.82) is 0 Å². The summed E-state index contributed by atoms with van der Waals surface area (Å²) in [5.41, 5.74) is 1.94. The van der Waals surface area contributed by atoms with Crippen LogP contribution < -0.4 is 5.56 Å². The van der Waals surface area contributed by atoms with Crippen LogP contribution in [-0.2, 0) is 12.8 Å². The molecule has 0 spiro atoms. The Kier molecular flexibility index (Phi) is 2.36. The molecule has 1 aliphatic carbocycles. The Labute approximate surface area is 97.2 Å². The van der Waals surface area contributed by atoms with Crippen LogP contribution in [0, 0.1) is 0 Å². The molecule has 0 radical (unpaired) electrons. The summed E-state index contributed by atoms with van der Waals surface area (Å²) >= 11 is 1.60. The molecular formula is C12H12N2OS. The third-order valence-corrected chi connectivity index (χ3v) is 3.82. The van der Waals surface area contributed by atoms with Gasteiger partial charge in [0.1, 0.15) is 0 Å². The van der Waals surface area contributed by atoms with E-state index in [0.717, 1.165) is 47.6 Å². The van der Waals surface area contributed by atoms with Crippen molar-refractivity contribution in [2.75, 3.05) is 0 Å². The van der Waals surface area contributed by atoms with Gasteiger partial charge in [-0.25, -0.2) is 4.98 Å². The summed E-state index contributed by atoms with van der Waals surface area (Å²) in [6, 6.07) is 3.96. The molecule has 0 bridgehead atoms. The maximum atomic E-state index is 11.9. The lowest BCUT2D eigenvalue weighted by atomic mass is 9.97. The number of rotatable bonds is 1. The number of nitrogens with one attached hydrogen (secondary N) is 1. The highest BCUT2D eigenvalue weighted by atomic mass is 32.1. The van der Waals surface area contributed by atoms with Crippen LogP contribution in [0.15, 0.2) is 22.3 Å². The molecule has 0 amide bonds. The summed E-state index contributed by atoms with van der Waals surface area (Å²) < 4.78 is 0. The number of nitrogens with zero attached hydrogens (tertiary/aromatic N) is 1. The van der Waals surface area contributed by atoms with Gasteiger partial charge in [0.25, 0.3) is 5.56 Å². The largest absolute Gasteiger partial charge is 0.306 e. The minimum absolute atomic E-state index is 0.0492. The number of fused-ring (bicyclic) bond motifs is 1. The van der Waals surface area contributed by atoms with Crippen molar-refractivity contribution in [2.45, 2.75) is 25.7 Å². The van der Waals surface area contributed by atoms with E-state index in [1.807, 2.05) is 17.5 Å². The highest BCUT2D eigenvalue weighted by Crippen LogP contribution is 2.22. The second-order valence-corrected chi connectivity index (χ2v) is 4.97. The summed E-state index contributed by atoms with van der Waals surface area (Å²) in [5.74, 6) is 0.723. The first kappa shape index (κ1) is 9.78. The van der Waals surface area contributed by atoms with Crippen LogP contribution in [0.5, 0.6) is 0 Å². The van der Waals surface area contributed by atoms with Crippen molar-refractivity contribution in [2.24, 2.45) is 0 Å². The van der Waals surface area contributed by atoms with E-state index >= 15 is 0 Å². The fraction of sp³-hybridized carbons (Fsp3) is 0.333. The molecule has 0 saturated heterocycles. The van der Waals surface area contributed by atoms with Crippen LogP contribution >= 0.6 is 11.3 Å². The van der Waals surface area contributed by atoms with Crippen LogP contribution in [-0.4, -0.2) is 9.97 Å². The third-order valence-electron chi connectivity index (χ3n) is 2.95. The third kappa shape index (κ3) is 1.59. The van der Waals surface area contributed by atoms with E-state index in [2.05, 4.69) is 9.97 Å². The maximum absolute atomic E-state index is 11.9. The lowest BCUT2D eigenvalue weighted by Crippen LogP contribution is -2.21. The average Bonchev–Trinajstić information content (AvgIpc) is 2.82. The fourth-order valence-corrected chi connectivity index (χ4v) is 2.80. The first-order valence-corrected chi connectivity index (χ1v) is 6.38. The van der Waals surface area contributed by atoms with E-state index < -0.39 is 0 Å². The zero-order valence-corrected chi connectivity index (χ0v) is 9.64. The average molecular weight is 232 g/mol. The summed E-state index contributed by atoms with van der Waals surface area (Å²) in [6.45, 7) is 0. The molecule has 1 aliphatic rings. The number of hydrogen-bond acceptors (Lipinski definition) is 3. The highest BCUT2D eigenvalue weighted by Gasteiger charge is 2.16. The van der Waals surface area contributed by atoms with Crippen molar-refractivity contribution < 1.29 is 0 Å². The molecule has 0 fully saturated rings. The van der Waals surface area contributed by atoms with Gasteiger partial charge in [-0.3, -0.25) is 4.79 Å². The lowest BCUT2D eigenvalue weighted by Gasteiger charge is -2.13. The Balaban J connectivity index is 2.16. The molecule has 2 aromatic heterocycles. The zero-order valence-electron chi connectivity index (χ0n) is 8.82. The van der Waals surface area contributed by atoms with E-state index in [0.29, 0.717) is 0 Å². The van der Waals surface area contributed by atoms with Crippen LogP contribution in [0.3, 0.4) is 0 Å². The Morgan fingerprint density at radius 1 is 1.31 bits per heavy atom. The molecule has 4 heteroatoms. The smallest absolute Gasteiger partial charge is 0.254 e. The second kappa shape index (κ2) is 3.87. The van der Waals surface area contributed by atoms with E-state index in [9.17, 15) is 4.79 Å². The standard InChI is InChI=1S/C12H12N2OS/c15-12-8-4-1-2-5-9(8)13-11(14-12)10-6-3-7-16-10/h3,6-7H,1-2,4-5H2,(H,13,14,15). The Hall–Kier alpha value is -1.42. The van der Waals surface area contributed by atoms with Crippen LogP contribution in [0.25, 0.3) is 10.7 Å². The van der Waals surface area contributed by atoms with Crippen molar-refractivity contribution in [3.8, 4) is 10.7 Å². The highest BCUT2D eigenvalue weighted by molar-refractivity contribution is 7.13. The van der Waals surface area contributed by atoms with E-state index in [1.54, 1.807) is 11.3 Å². The molecule has 82 valence electrons. The number of thiophene rings is 1. The van der Waals surface area contributed by atoms with Gasteiger partial charge in [0, 0.05) is 5.56 Å². The predicted octanol–water partition coefficient (Wildman–Crippen LogP) is 2.38. The molecule has 0 saturated carbocycles. The van der Waals surface area contributed by atoms with Gasteiger partial charge in [-0.15, -0.1) is 11.3 Å². The molecule has 1 N–H and O–H groups in total. The minimum Gasteiger partial charge on any atom is -0.306 e. The molecule has 0 aromatic carbocycles.